The molecule has 1 aromatic heterocycles. The van der Waals surface area contributed by atoms with E-state index in [1.807, 2.05) is 33.9 Å². The topological polar surface area (TPSA) is 88.7 Å². The maximum absolute atomic E-state index is 10.6. The van der Waals surface area contributed by atoms with E-state index in [0.29, 0.717) is 18.9 Å². The molecule has 1 aliphatic rings. The number of nitrogens with zero attached hydrogens (tertiary/aromatic N) is 3. The smallest absolute Gasteiger partial charge is 0.492 e. The zero-order chi connectivity index (χ0) is 18.9. The fourth-order valence-electron chi connectivity index (χ4n) is 2.52. The van der Waals surface area contributed by atoms with E-state index in [-0.39, 0.29) is 5.69 Å². The molecule has 0 atom stereocenters. The molecule has 0 amide bonds. The fraction of sp³-hybridized carbons (Fsp3) is 0.471. The van der Waals surface area contributed by atoms with Crippen LogP contribution >= 0.6 is 0 Å². The molecule has 0 N–H and O–H groups in total. The van der Waals surface area contributed by atoms with E-state index >= 15 is 0 Å². The number of nitro benzene ring substituents is 1. The molecule has 8 nitrogen and oxygen atoms in total. The van der Waals surface area contributed by atoms with E-state index in [1.165, 1.54) is 12.1 Å². The van der Waals surface area contributed by atoms with Crippen molar-refractivity contribution in [1.82, 2.24) is 9.78 Å². The Morgan fingerprint density at radius 1 is 1.19 bits per heavy atom. The molecule has 0 unspecified atom stereocenters. The number of rotatable bonds is 6. The summed E-state index contributed by atoms with van der Waals surface area (Å²) < 4.78 is 19.4. The standard InChI is InChI=1S/C17H22BN3O5/c1-16(2)17(3,4)26-18(25-16)13-11-19-20(12-13)9-10-24-15-7-5-14(6-8-15)21(22)23/h5-8,11-12H,9-10H2,1-4H3. The minimum absolute atomic E-state index is 0.0384. The summed E-state index contributed by atoms with van der Waals surface area (Å²) in [5.74, 6) is 0.578. The highest BCUT2D eigenvalue weighted by molar-refractivity contribution is 6.61. The van der Waals surface area contributed by atoms with E-state index in [4.69, 9.17) is 14.0 Å². The van der Waals surface area contributed by atoms with Crippen LogP contribution in [0.1, 0.15) is 27.7 Å². The molecule has 0 saturated carbocycles. The van der Waals surface area contributed by atoms with Crippen molar-refractivity contribution in [3.05, 3.63) is 46.8 Å². The van der Waals surface area contributed by atoms with Crippen molar-refractivity contribution in [1.29, 1.82) is 0 Å². The van der Waals surface area contributed by atoms with Crippen LogP contribution in [0.5, 0.6) is 5.75 Å². The predicted octanol–water partition coefficient (Wildman–Crippen LogP) is 2.17. The minimum Gasteiger partial charge on any atom is -0.492 e. The van der Waals surface area contributed by atoms with Gasteiger partial charge in [0.15, 0.2) is 0 Å². The predicted molar refractivity (Wildman–Crippen MR) is 96.5 cm³/mol. The lowest BCUT2D eigenvalue weighted by molar-refractivity contribution is -0.384. The Hall–Kier alpha value is -2.39. The number of hydrogen-bond donors (Lipinski definition) is 0. The number of nitro groups is 1. The Bertz CT molecular complexity index is 772. The van der Waals surface area contributed by atoms with Crippen molar-refractivity contribution >= 4 is 18.3 Å². The Kier molecular flexibility index (Phi) is 4.77. The third-order valence-electron chi connectivity index (χ3n) is 4.82. The van der Waals surface area contributed by atoms with E-state index in [1.54, 1.807) is 23.0 Å². The van der Waals surface area contributed by atoms with Crippen LogP contribution in [0.3, 0.4) is 0 Å². The number of hydrogen-bond acceptors (Lipinski definition) is 6. The molecule has 0 aliphatic carbocycles. The zero-order valence-corrected chi connectivity index (χ0v) is 15.3. The van der Waals surface area contributed by atoms with Crippen LogP contribution in [0.2, 0.25) is 0 Å². The number of ether oxygens (including phenoxy) is 1. The minimum atomic E-state index is -0.440. The number of benzene rings is 1. The highest BCUT2D eigenvalue weighted by Gasteiger charge is 2.52. The number of aromatic nitrogens is 2. The summed E-state index contributed by atoms with van der Waals surface area (Å²) in [6.07, 6.45) is 3.61. The molecule has 1 aliphatic heterocycles. The molecular formula is C17H22BN3O5. The first kappa shape index (κ1) is 18.4. The molecule has 1 saturated heterocycles. The first-order valence-corrected chi connectivity index (χ1v) is 8.43. The van der Waals surface area contributed by atoms with Gasteiger partial charge in [-0.1, -0.05) is 0 Å². The Labute approximate surface area is 152 Å². The van der Waals surface area contributed by atoms with Crippen LogP contribution in [-0.4, -0.2) is 39.6 Å². The third kappa shape index (κ3) is 3.73. The van der Waals surface area contributed by atoms with Gasteiger partial charge in [0.1, 0.15) is 12.4 Å². The highest BCUT2D eigenvalue weighted by Crippen LogP contribution is 2.36. The Balaban J connectivity index is 1.54. The molecule has 9 heteroatoms. The largest absolute Gasteiger partial charge is 0.498 e. The van der Waals surface area contributed by atoms with Crippen LogP contribution in [0.25, 0.3) is 0 Å². The third-order valence-corrected chi connectivity index (χ3v) is 4.82. The van der Waals surface area contributed by atoms with Gasteiger partial charge in [0, 0.05) is 30.0 Å². The van der Waals surface area contributed by atoms with Gasteiger partial charge in [0.2, 0.25) is 0 Å². The summed E-state index contributed by atoms with van der Waals surface area (Å²) in [4.78, 5) is 10.2. The molecule has 1 fully saturated rings. The Morgan fingerprint density at radius 2 is 1.81 bits per heavy atom. The van der Waals surface area contributed by atoms with E-state index in [2.05, 4.69) is 5.10 Å². The second-order valence-corrected chi connectivity index (χ2v) is 7.22. The van der Waals surface area contributed by atoms with Gasteiger partial charge in [0.25, 0.3) is 5.69 Å². The van der Waals surface area contributed by atoms with Crippen LogP contribution in [-0.2, 0) is 15.9 Å². The van der Waals surface area contributed by atoms with Crippen molar-refractivity contribution in [3.8, 4) is 5.75 Å². The summed E-state index contributed by atoms with van der Waals surface area (Å²) in [5, 5.41) is 14.9. The van der Waals surface area contributed by atoms with Crippen LogP contribution in [0.4, 0.5) is 5.69 Å². The average molecular weight is 359 g/mol. The molecular weight excluding hydrogens is 337 g/mol. The summed E-state index contributed by atoms with van der Waals surface area (Å²) >= 11 is 0. The molecule has 0 bridgehead atoms. The molecule has 0 spiro atoms. The van der Waals surface area contributed by atoms with Crippen molar-refractivity contribution in [2.75, 3.05) is 6.61 Å². The fourth-order valence-corrected chi connectivity index (χ4v) is 2.52. The van der Waals surface area contributed by atoms with Gasteiger partial charge in [-0.25, -0.2) is 0 Å². The lowest BCUT2D eigenvalue weighted by Crippen LogP contribution is -2.41. The summed E-state index contributed by atoms with van der Waals surface area (Å²) in [6, 6.07) is 5.99. The summed E-state index contributed by atoms with van der Waals surface area (Å²) in [6.45, 7) is 8.97. The first-order valence-electron chi connectivity index (χ1n) is 8.43. The molecule has 138 valence electrons. The normalized spacial score (nSPS) is 18.1. The van der Waals surface area contributed by atoms with Crippen LogP contribution < -0.4 is 10.2 Å². The maximum atomic E-state index is 10.6. The van der Waals surface area contributed by atoms with Gasteiger partial charge in [-0.2, -0.15) is 5.10 Å². The molecule has 3 rings (SSSR count). The second-order valence-electron chi connectivity index (χ2n) is 7.22. The van der Waals surface area contributed by atoms with Crippen LogP contribution in [0, 0.1) is 10.1 Å². The zero-order valence-electron chi connectivity index (χ0n) is 15.3. The second kappa shape index (κ2) is 6.73. The highest BCUT2D eigenvalue weighted by atomic mass is 16.7. The number of non-ortho nitro benzene ring substituents is 1. The first-order chi connectivity index (χ1) is 12.2. The lowest BCUT2D eigenvalue weighted by atomic mass is 9.82. The molecule has 0 radical (unpaired) electrons. The molecule has 26 heavy (non-hydrogen) atoms. The molecule has 2 heterocycles. The monoisotopic (exact) mass is 359 g/mol. The van der Waals surface area contributed by atoms with Gasteiger partial charge >= 0.3 is 7.12 Å². The van der Waals surface area contributed by atoms with Crippen molar-refractivity contribution in [2.45, 2.75) is 45.4 Å². The van der Waals surface area contributed by atoms with E-state index < -0.39 is 23.2 Å². The van der Waals surface area contributed by atoms with Gasteiger partial charge in [-0.3, -0.25) is 14.8 Å². The Morgan fingerprint density at radius 3 is 2.38 bits per heavy atom. The lowest BCUT2D eigenvalue weighted by Gasteiger charge is -2.32. The molecule has 2 aromatic rings. The van der Waals surface area contributed by atoms with Crippen LogP contribution in [0.15, 0.2) is 36.7 Å². The maximum Gasteiger partial charge on any atom is 0.498 e. The van der Waals surface area contributed by atoms with Gasteiger partial charge in [0.05, 0.1) is 22.7 Å². The SMILES string of the molecule is CC1(C)OB(c2cnn(CCOc3ccc([N+](=O)[O-])cc3)c2)OC1(C)C. The van der Waals surface area contributed by atoms with Crippen molar-refractivity contribution < 1.29 is 19.0 Å². The molecule has 1 aromatic carbocycles. The summed E-state index contributed by atoms with van der Waals surface area (Å²) in [7, 11) is -0.440. The summed E-state index contributed by atoms with van der Waals surface area (Å²) in [5.41, 5.74) is 0.118. The average Bonchev–Trinajstić information content (AvgIpc) is 3.10. The van der Waals surface area contributed by atoms with Gasteiger partial charge < -0.3 is 14.0 Å². The quantitative estimate of drug-likeness (QED) is 0.446. The van der Waals surface area contributed by atoms with E-state index in [0.717, 1.165) is 5.46 Å². The van der Waals surface area contributed by atoms with Gasteiger partial charge in [-0.15, -0.1) is 0 Å². The van der Waals surface area contributed by atoms with Crippen molar-refractivity contribution in [2.24, 2.45) is 0 Å². The van der Waals surface area contributed by atoms with Crippen molar-refractivity contribution in [3.63, 3.8) is 0 Å². The van der Waals surface area contributed by atoms with Gasteiger partial charge in [-0.05, 0) is 39.8 Å². The van der Waals surface area contributed by atoms with E-state index in [9.17, 15) is 10.1 Å².